The molecule has 0 unspecified atom stereocenters. The molecular formula is C15H21N3O5. The molecular weight excluding hydrogens is 302 g/mol. The summed E-state index contributed by atoms with van der Waals surface area (Å²) in [6.45, 7) is 4.77. The minimum absolute atomic E-state index is 0.153. The zero-order valence-corrected chi connectivity index (χ0v) is 13.6. The lowest BCUT2D eigenvalue weighted by molar-refractivity contribution is -0.137. The number of H-pyrrole nitrogens is 1. The van der Waals surface area contributed by atoms with Crippen LogP contribution in [0.5, 0.6) is 0 Å². The monoisotopic (exact) mass is 323 g/mol. The van der Waals surface area contributed by atoms with Crippen molar-refractivity contribution in [1.29, 1.82) is 0 Å². The average Bonchev–Trinajstić information content (AvgIpc) is 2.42. The Morgan fingerprint density at radius 2 is 1.96 bits per heavy atom. The number of hydrogen-bond acceptors (Lipinski definition) is 5. The summed E-state index contributed by atoms with van der Waals surface area (Å²) in [6, 6.07) is 2.77. The topological polar surface area (TPSA) is 109 Å². The molecule has 0 saturated heterocycles. The highest BCUT2D eigenvalue weighted by atomic mass is 16.5. The lowest BCUT2D eigenvalue weighted by Gasteiger charge is -2.23. The van der Waals surface area contributed by atoms with E-state index in [0.29, 0.717) is 0 Å². The van der Waals surface area contributed by atoms with Crippen molar-refractivity contribution in [2.75, 3.05) is 20.2 Å². The normalized spacial score (nSPS) is 10.8. The Kier molecular flexibility index (Phi) is 6.06. The third-order valence-electron chi connectivity index (χ3n) is 2.69. The number of ether oxygens (including phenoxy) is 1. The fourth-order valence-electron chi connectivity index (χ4n) is 1.66. The number of carbonyl (C=O) groups is 3. The van der Waals surface area contributed by atoms with Crippen LogP contribution in [0.15, 0.2) is 23.1 Å². The van der Waals surface area contributed by atoms with Gasteiger partial charge in [0, 0.05) is 18.8 Å². The van der Waals surface area contributed by atoms with E-state index < -0.39 is 29.6 Å². The number of nitrogens with zero attached hydrogens (tertiary/aromatic N) is 1. The molecule has 1 aromatic rings. The maximum atomic E-state index is 11.8. The predicted molar refractivity (Wildman–Crippen MR) is 82.9 cm³/mol. The van der Waals surface area contributed by atoms with Crippen molar-refractivity contribution in [3.05, 3.63) is 34.2 Å². The summed E-state index contributed by atoms with van der Waals surface area (Å²) in [7, 11) is 1.42. The van der Waals surface area contributed by atoms with E-state index in [2.05, 4.69) is 10.3 Å². The first-order valence-electron chi connectivity index (χ1n) is 7.00. The number of hydrogen-bond donors (Lipinski definition) is 2. The second kappa shape index (κ2) is 7.57. The molecule has 0 aliphatic heterocycles. The van der Waals surface area contributed by atoms with Gasteiger partial charge in [0.15, 0.2) is 6.61 Å². The second-order valence-corrected chi connectivity index (χ2v) is 6.04. The van der Waals surface area contributed by atoms with Crippen LogP contribution in [-0.4, -0.2) is 53.4 Å². The molecule has 0 aromatic carbocycles. The van der Waals surface area contributed by atoms with Gasteiger partial charge in [-0.25, -0.2) is 4.79 Å². The third-order valence-corrected chi connectivity index (χ3v) is 2.69. The van der Waals surface area contributed by atoms with Gasteiger partial charge < -0.3 is 19.9 Å². The van der Waals surface area contributed by atoms with Gasteiger partial charge in [-0.1, -0.05) is 0 Å². The van der Waals surface area contributed by atoms with Gasteiger partial charge in [0.05, 0.1) is 6.54 Å². The highest BCUT2D eigenvalue weighted by Crippen LogP contribution is 1.99. The summed E-state index contributed by atoms with van der Waals surface area (Å²) >= 11 is 0. The van der Waals surface area contributed by atoms with Crippen LogP contribution in [0.2, 0.25) is 0 Å². The van der Waals surface area contributed by atoms with Crippen molar-refractivity contribution in [2.45, 2.75) is 26.3 Å². The molecule has 0 spiro atoms. The number of nitrogens with one attached hydrogen (secondary N) is 2. The molecule has 0 saturated carbocycles. The zero-order valence-electron chi connectivity index (χ0n) is 13.6. The molecule has 1 rings (SSSR count). The van der Waals surface area contributed by atoms with Gasteiger partial charge in [-0.15, -0.1) is 0 Å². The third kappa shape index (κ3) is 6.33. The first kappa shape index (κ1) is 18.4. The molecule has 0 bridgehead atoms. The predicted octanol–water partition coefficient (Wildman–Crippen LogP) is -0.0952. The van der Waals surface area contributed by atoms with Gasteiger partial charge in [0.25, 0.3) is 11.5 Å². The van der Waals surface area contributed by atoms with Gasteiger partial charge in [-0.2, -0.15) is 0 Å². The van der Waals surface area contributed by atoms with Crippen LogP contribution in [0.25, 0.3) is 0 Å². The first-order valence-corrected chi connectivity index (χ1v) is 7.00. The molecule has 0 atom stereocenters. The van der Waals surface area contributed by atoms with Crippen LogP contribution in [0.3, 0.4) is 0 Å². The van der Waals surface area contributed by atoms with Gasteiger partial charge in [0.2, 0.25) is 5.91 Å². The fraction of sp³-hybridized carbons (Fsp3) is 0.467. The minimum Gasteiger partial charge on any atom is -0.452 e. The number of esters is 1. The molecule has 0 fully saturated rings. The average molecular weight is 323 g/mol. The van der Waals surface area contributed by atoms with E-state index in [-0.39, 0.29) is 18.0 Å². The molecule has 126 valence electrons. The number of aromatic nitrogens is 1. The Labute approximate surface area is 133 Å². The Morgan fingerprint density at radius 1 is 1.30 bits per heavy atom. The number of likely N-dealkylation sites (N-methyl/N-ethyl adjacent to an activating group) is 1. The summed E-state index contributed by atoms with van der Waals surface area (Å²) in [6.07, 6.45) is 1.38. The summed E-state index contributed by atoms with van der Waals surface area (Å²) in [5.41, 5.74) is -1.18. The number of aromatic amines is 1. The van der Waals surface area contributed by atoms with Gasteiger partial charge in [-0.3, -0.25) is 14.4 Å². The number of carbonyl (C=O) groups excluding carboxylic acids is 3. The summed E-state index contributed by atoms with van der Waals surface area (Å²) in [4.78, 5) is 50.2. The molecule has 8 nitrogen and oxygen atoms in total. The van der Waals surface area contributed by atoms with E-state index in [4.69, 9.17) is 4.74 Å². The van der Waals surface area contributed by atoms with Crippen LogP contribution in [0, 0.1) is 0 Å². The first-order chi connectivity index (χ1) is 10.6. The largest absolute Gasteiger partial charge is 0.452 e. The molecule has 1 aromatic heterocycles. The number of rotatable bonds is 5. The van der Waals surface area contributed by atoms with Crippen molar-refractivity contribution in [1.82, 2.24) is 15.2 Å². The number of pyridine rings is 1. The molecule has 2 N–H and O–H groups in total. The molecule has 2 amide bonds. The summed E-state index contributed by atoms with van der Waals surface area (Å²) in [5, 5.41) is 2.72. The van der Waals surface area contributed by atoms with Crippen molar-refractivity contribution in [3.8, 4) is 0 Å². The maximum absolute atomic E-state index is 11.8. The molecule has 0 radical (unpaired) electrons. The summed E-state index contributed by atoms with van der Waals surface area (Å²) < 4.78 is 4.79. The van der Waals surface area contributed by atoms with E-state index in [1.807, 2.05) is 20.8 Å². The lowest BCUT2D eigenvalue weighted by Crippen LogP contribution is -2.47. The molecule has 0 aliphatic rings. The van der Waals surface area contributed by atoms with Gasteiger partial charge >= 0.3 is 5.97 Å². The second-order valence-electron chi connectivity index (χ2n) is 6.04. The number of amides is 2. The lowest BCUT2D eigenvalue weighted by atomic mass is 10.1. The Balaban J connectivity index is 2.50. The standard InChI is InChI=1S/C15H21N3O5/c1-15(2,3)17-11(19)8-18(4)12(20)9-23-14(22)10-6-5-7-16-13(10)21/h5-7H,8-9H2,1-4H3,(H,16,21)(H,17,19). The minimum atomic E-state index is -0.896. The van der Waals surface area contributed by atoms with Crippen molar-refractivity contribution < 1.29 is 19.1 Å². The van der Waals surface area contributed by atoms with Crippen LogP contribution in [0.4, 0.5) is 0 Å². The van der Waals surface area contributed by atoms with E-state index in [1.54, 1.807) is 0 Å². The van der Waals surface area contributed by atoms with Crippen LogP contribution in [0.1, 0.15) is 31.1 Å². The highest BCUT2D eigenvalue weighted by Gasteiger charge is 2.19. The molecule has 23 heavy (non-hydrogen) atoms. The molecule has 8 heteroatoms. The van der Waals surface area contributed by atoms with Crippen molar-refractivity contribution in [3.63, 3.8) is 0 Å². The molecule has 1 heterocycles. The van der Waals surface area contributed by atoms with Crippen molar-refractivity contribution >= 4 is 17.8 Å². The van der Waals surface area contributed by atoms with E-state index in [1.165, 1.54) is 25.4 Å². The zero-order chi connectivity index (χ0) is 17.6. The fourth-order valence-corrected chi connectivity index (χ4v) is 1.66. The van der Waals surface area contributed by atoms with Gasteiger partial charge in [0.1, 0.15) is 5.56 Å². The quantitative estimate of drug-likeness (QED) is 0.736. The van der Waals surface area contributed by atoms with E-state index >= 15 is 0 Å². The Hall–Kier alpha value is -2.64. The Bertz CT molecular complexity index is 645. The maximum Gasteiger partial charge on any atom is 0.344 e. The smallest absolute Gasteiger partial charge is 0.344 e. The Morgan fingerprint density at radius 3 is 2.52 bits per heavy atom. The molecule has 0 aliphatic carbocycles. The highest BCUT2D eigenvalue weighted by molar-refractivity contribution is 5.91. The van der Waals surface area contributed by atoms with Crippen LogP contribution >= 0.6 is 0 Å². The van der Waals surface area contributed by atoms with E-state index in [0.717, 1.165) is 4.90 Å². The summed E-state index contributed by atoms with van der Waals surface area (Å²) in [5.74, 6) is -1.76. The van der Waals surface area contributed by atoms with Gasteiger partial charge in [-0.05, 0) is 32.9 Å². The van der Waals surface area contributed by atoms with Crippen LogP contribution < -0.4 is 10.9 Å². The van der Waals surface area contributed by atoms with Crippen molar-refractivity contribution in [2.24, 2.45) is 0 Å². The van der Waals surface area contributed by atoms with E-state index in [9.17, 15) is 19.2 Å². The SMILES string of the molecule is CN(CC(=O)NC(C)(C)C)C(=O)COC(=O)c1ccc[nH]c1=O. The van der Waals surface area contributed by atoms with Crippen LogP contribution in [-0.2, 0) is 14.3 Å².